The Morgan fingerprint density at radius 2 is 1.84 bits per heavy atom. The van der Waals surface area contributed by atoms with E-state index in [9.17, 15) is 14.7 Å². The zero-order valence-corrected chi connectivity index (χ0v) is 22.5. The van der Waals surface area contributed by atoms with Gasteiger partial charge in [-0.1, -0.05) is 43.7 Å². The van der Waals surface area contributed by atoms with Crippen LogP contribution in [0.3, 0.4) is 0 Å². The molecule has 0 spiro atoms. The highest BCUT2D eigenvalue weighted by atomic mass is 32.2. The van der Waals surface area contributed by atoms with Crippen molar-refractivity contribution in [1.82, 2.24) is 20.3 Å². The third kappa shape index (κ3) is 5.62. The van der Waals surface area contributed by atoms with Gasteiger partial charge < -0.3 is 15.7 Å². The summed E-state index contributed by atoms with van der Waals surface area (Å²) in [5.74, 6) is 0.433. The number of pyridine rings is 1. The number of para-hydroxylation sites is 1. The van der Waals surface area contributed by atoms with E-state index in [1.807, 2.05) is 18.2 Å². The third-order valence-corrected chi connectivity index (χ3v) is 7.51. The van der Waals surface area contributed by atoms with Crippen LogP contribution in [0.15, 0.2) is 67.1 Å². The molecule has 0 bridgehead atoms. The number of aromatic carboxylic acids is 1. The topological polar surface area (TPSA) is 117 Å². The summed E-state index contributed by atoms with van der Waals surface area (Å²) in [6, 6.07) is 16.3. The van der Waals surface area contributed by atoms with Crippen LogP contribution < -0.4 is 10.6 Å². The molecule has 196 valence electrons. The summed E-state index contributed by atoms with van der Waals surface area (Å²) in [5.41, 5.74) is 4.01. The van der Waals surface area contributed by atoms with Crippen molar-refractivity contribution in [2.45, 2.75) is 25.2 Å². The van der Waals surface area contributed by atoms with Gasteiger partial charge in [0, 0.05) is 48.0 Å². The summed E-state index contributed by atoms with van der Waals surface area (Å²) in [4.78, 5) is 37.3. The van der Waals surface area contributed by atoms with Crippen molar-refractivity contribution in [2.75, 3.05) is 30.9 Å². The molecule has 2 heterocycles. The van der Waals surface area contributed by atoms with Crippen LogP contribution in [-0.2, 0) is 5.41 Å². The first-order valence-electron chi connectivity index (χ1n) is 12.4. The summed E-state index contributed by atoms with van der Waals surface area (Å²) in [7, 11) is 1.63. The van der Waals surface area contributed by atoms with Gasteiger partial charge in [-0.15, -0.1) is 0 Å². The van der Waals surface area contributed by atoms with Gasteiger partial charge in [0.25, 0.3) is 5.91 Å². The number of nitrogens with one attached hydrogen (secondary N) is 2. The summed E-state index contributed by atoms with van der Waals surface area (Å²) >= 11 is 1.78. The molecule has 0 saturated carbocycles. The lowest BCUT2D eigenvalue weighted by Crippen LogP contribution is -2.37. The zero-order chi connectivity index (χ0) is 27.1. The molecule has 9 heteroatoms. The summed E-state index contributed by atoms with van der Waals surface area (Å²) in [6.07, 6.45) is 7.20. The zero-order valence-electron chi connectivity index (χ0n) is 21.7. The van der Waals surface area contributed by atoms with Crippen LogP contribution in [-0.4, -0.2) is 57.5 Å². The largest absolute Gasteiger partial charge is 0.478 e. The SMILES string of the molecule is CCCC(CNc1cc(-c2ccc(C(=O)O)cc2)ncn1)(CSC)c1cccc2c(C(=O)NC)ccnc12. The molecule has 0 radical (unpaired) electrons. The van der Waals surface area contributed by atoms with E-state index < -0.39 is 5.97 Å². The highest BCUT2D eigenvalue weighted by Gasteiger charge is 2.33. The molecular formula is C29H31N5O3S. The lowest BCUT2D eigenvalue weighted by atomic mass is 9.77. The molecule has 0 saturated heterocycles. The first-order chi connectivity index (χ1) is 18.4. The fraction of sp³-hybridized carbons (Fsp3) is 0.276. The van der Waals surface area contributed by atoms with E-state index in [0.29, 0.717) is 23.6 Å². The first-order valence-corrected chi connectivity index (χ1v) is 13.8. The molecule has 4 rings (SSSR count). The van der Waals surface area contributed by atoms with Crippen LogP contribution in [0.5, 0.6) is 0 Å². The number of hydrogen-bond donors (Lipinski definition) is 3. The van der Waals surface area contributed by atoms with Crippen molar-refractivity contribution in [1.29, 1.82) is 0 Å². The number of aromatic nitrogens is 3. The third-order valence-electron chi connectivity index (χ3n) is 6.67. The Balaban J connectivity index is 1.70. The number of carbonyl (C=O) groups is 2. The Morgan fingerprint density at radius 3 is 2.53 bits per heavy atom. The Labute approximate surface area is 226 Å². The van der Waals surface area contributed by atoms with Crippen LogP contribution >= 0.6 is 11.8 Å². The molecule has 0 aliphatic carbocycles. The molecule has 0 aliphatic rings. The summed E-state index contributed by atoms with van der Waals surface area (Å²) in [6.45, 7) is 2.79. The van der Waals surface area contributed by atoms with Crippen molar-refractivity contribution >= 4 is 40.4 Å². The van der Waals surface area contributed by atoms with Gasteiger partial charge in [0.15, 0.2) is 0 Å². The molecule has 4 aromatic rings. The average Bonchev–Trinajstić information content (AvgIpc) is 2.95. The fourth-order valence-electron chi connectivity index (χ4n) is 4.87. The Hall–Kier alpha value is -3.98. The van der Waals surface area contributed by atoms with Gasteiger partial charge in [0.05, 0.1) is 22.3 Å². The van der Waals surface area contributed by atoms with Gasteiger partial charge in [0.1, 0.15) is 12.1 Å². The van der Waals surface area contributed by atoms with E-state index >= 15 is 0 Å². The van der Waals surface area contributed by atoms with Crippen LogP contribution in [0, 0.1) is 0 Å². The number of nitrogens with zero attached hydrogens (tertiary/aromatic N) is 3. The van der Waals surface area contributed by atoms with Gasteiger partial charge in [-0.2, -0.15) is 11.8 Å². The van der Waals surface area contributed by atoms with Gasteiger partial charge in [-0.3, -0.25) is 9.78 Å². The second-order valence-electron chi connectivity index (χ2n) is 9.13. The van der Waals surface area contributed by atoms with Gasteiger partial charge in [-0.25, -0.2) is 14.8 Å². The summed E-state index contributed by atoms with van der Waals surface area (Å²) in [5, 5.41) is 16.3. The monoisotopic (exact) mass is 529 g/mol. The van der Waals surface area contributed by atoms with Crippen molar-refractivity contribution in [3.63, 3.8) is 0 Å². The molecule has 0 aliphatic heterocycles. The van der Waals surface area contributed by atoms with E-state index in [1.165, 1.54) is 6.33 Å². The van der Waals surface area contributed by atoms with Crippen LogP contribution in [0.2, 0.25) is 0 Å². The maximum absolute atomic E-state index is 12.6. The summed E-state index contributed by atoms with van der Waals surface area (Å²) < 4.78 is 0. The number of anilines is 1. The Kier molecular flexibility index (Phi) is 8.58. The lowest BCUT2D eigenvalue weighted by molar-refractivity contribution is 0.0696. The molecule has 1 atom stereocenters. The Bertz CT molecular complexity index is 1440. The lowest BCUT2D eigenvalue weighted by Gasteiger charge is -2.35. The predicted octanol–water partition coefficient (Wildman–Crippen LogP) is 5.26. The molecule has 2 aromatic heterocycles. The van der Waals surface area contributed by atoms with Crippen molar-refractivity contribution < 1.29 is 14.7 Å². The maximum Gasteiger partial charge on any atom is 0.335 e. The van der Waals surface area contributed by atoms with Gasteiger partial charge >= 0.3 is 5.97 Å². The number of thioether (sulfide) groups is 1. The van der Waals surface area contributed by atoms with Crippen molar-refractivity contribution in [2.24, 2.45) is 0 Å². The minimum absolute atomic E-state index is 0.136. The van der Waals surface area contributed by atoms with Crippen LogP contribution in [0.25, 0.3) is 22.2 Å². The number of fused-ring (bicyclic) bond motifs is 1. The quantitative estimate of drug-likeness (QED) is 0.241. The molecule has 1 unspecified atom stereocenters. The smallest absolute Gasteiger partial charge is 0.335 e. The van der Waals surface area contributed by atoms with Crippen LogP contribution in [0.1, 0.15) is 46.0 Å². The first kappa shape index (κ1) is 27.1. The van der Waals surface area contributed by atoms with E-state index in [-0.39, 0.29) is 16.9 Å². The number of carbonyl (C=O) groups excluding carboxylic acids is 1. The minimum Gasteiger partial charge on any atom is -0.478 e. The molecule has 0 fully saturated rings. The maximum atomic E-state index is 12.6. The van der Waals surface area contributed by atoms with Gasteiger partial charge in [-0.05, 0) is 36.4 Å². The number of carboxylic acid groups (broad SMARTS) is 1. The van der Waals surface area contributed by atoms with E-state index in [4.69, 9.17) is 4.98 Å². The van der Waals surface area contributed by atoms with E-state index in [2.05, 4.69) is 39.8 Å². The standard InChI is InChI=1S/C29H31N5O3S/c1-4-13-29(17-38-3,23-7-5-6-21-22(27(35)30-2)12-14-31-26(21)23)16-32-25-15-24(33-18-34-25)19-8-10-20(11-9-19)28(36)37/h5-12,14-15,18H,4,13,16-17H2,1-3H3,(H,30,35)(H,36,37)(H,32,33,34). The fourth-order valence-corrected chi connectivity index (χ4v) is 5.82. The minimum atomic E-state index is -0.965. The normalized spacial score (nSPS) is 12.6. The van der Waals surface area contributed by atoms with Crippen molar-refractivity contribution in [3.05, 3.63) is 83.8 Å². The number of hydrogen-bond acceptors (Lipinski definition) is 7. The number of amides is 1. The number of carboxylic acids is 1. The predicted molar refractivity (Wildman–Crippen MR) is 153 cm³/mol. The van der Waals surface area contributed by atoms with Gasteiger partial charge in [0.2, 0.25) is 0 Å². The molecule has 8 nitrogen and oxygen atoms in total. The molecule has 3 N–H and O–H groups in total. The highest BCUT2D eigenvalue weighted by Crippen LogP contribution is 2.37. The Morgan fingerprint density at radius 1 is 1.05 bits per heavy atom. The van der Waals surface area contributed by atoms with Crippen molar-refractivity contribution in [3.8, 4) is 11.3 Å². The molecule has 2 aromatic carbocycles. The second-order valence-corrected chi connectivity index (χ2v) is 9.99. The van der Waals surface area contributed by atoms with Crippen LogP contribution in [0.4, 0.5) is 5.82 Å². The number of rotatable bonds is 11. The molecule has 38 heavy (non-hydrogen) atoms. The van der Waals surface area contributed by atoms with E-state index in [0.717, 1.165) is 40.6 Å². The molecular weight excluding hydrogens is 498 g/mol. The molecule has 1 amide bonds. The van der Waals surface area contributed by atoms with E-state index in [1.54, 1.807) is 55.3 Å². The highest BCUT2D eigenvalue weighted by molar-refractivity contribution is 7.98. The number of benzene rings is 2. The second kappa shape index (κ2) is 12.0. The average molecular weight is 530 g/mol.